The molecule has 1 aromatic carbocycles. The highest BCUT2D eigenvalue weighted by molar-refractivity contribution is 5.94. The van der Waals surface area contributed by atoms with Gasteiger partial charge in [-0.2, -0.15) is 0 Å². The van der Waals surface area contributed by atoms with Gasteiger partial charge in [0, 0.05) is 45.8 Å². The van der Waals surface area contributed by atoms with Crippen LogP contribution < -0.4 is 10.6 Å². The van der Waals surface area contributed by atoms with E-state index in [1.807, 2.05) is 25.2 Å². The van der Waals surface area contributed by atoms with E-state index in [1.165, 1.54) is 25.9 Å². The number of guanidine groups is 1. The minimum Gasteiger partial charge on any atom is -0.356 e. The summed E-state index contributed by atoms with van der Waals surface area (Å²) in [5.74, 6) is 0.878. The van der Waals surface area contributed by atoms with Gasteiger partial charge in [0.15, 0.2) is 5.96 Å². The summed E-state index contributed by atoms with van der Waals surface area (Å²) in [6.07, 6.45) is 4.63. The molecule has 1 atom stereocenters. The number of aliphatic imine (C=N–C) groups is 1. The normalized spacial score (nSPS) is 16.2. The van der Waals surface area contributed by atoms with Crippen molar-refractivity contribution in [2.24, 2.45) is 4.99 Å². The first-order chi connectivity index (χ1) is 13.0. The van der Waals surface area contributed by atoms with Crippen molar-refractivity contribution in [1.29, 1.82) is 0 Å². The smallest absolute Gasteiger partial charge is 0.253 e. The van der Waals surface area contributed by atoms with Crippen LogP contribution in [0.15, 0.2) is 29.3 Å². The lowest BCUT2D eigenvalue weighted by Gasteiger charge is -2.27. The molecule has 1 fully saturated rings. The van der Waals surface area contributed by atoms with Crippen LogP contribution in [-0.4, -0.2) is 75.0 Å². The Morgan fingerprint density at radius 2 is 2.00 bits per heavy atom. The van der Waals surface area contributed by atoms with E-state index in [2.05, 4.69) is 33.5 Å². The van der Waals surface area contributed by atoms with Crippen molar-refractivity contribution in [3.63, 3.8) is 0 Å². The number of likely N-dealkylation sites (tertiary alicyclic amines) is 1. The second kappa shape index (κ2) is 10.9. The van der Waals surface area contributed by atoms with E-state index in [4.69, 9.17) is 0 Å². The van der Waals surface area contributed by atoms with E-state index in [-0.39, 0.29) is 5.91 Å². The summed E-state index contributed by atoms with van der Waals surface area (Å²) in [6, 6.07) is 8.41. The van der Waals surface area contributed by atoms with Gasteiger partial charge in [0.05, 0.1) is 0 Å². The Morgan fingerprint density at radius 1 is 1.26 bits per heavy atom. The van der Waals surface area contributed by atoms with Crippen LogP contribution in [0.4, 0.5) is 0 Å². The summed E-state index contributed by atoms with van der Waals surface area (Å²) in [5.41, 5.74) is 1.88. The molecular formula is C21H35N5O. The fourth-order valence-electron chi connectivity index (χ4n) is 3.52. The van der Waals surface area contributed by atoms with Gasteiger partial charge in [-0.25, -0.2) is 0 Å². The molecule has 1 heterocycles. The van der Waals surface area contributed by atoms with Crippen molar-refractivity contribution < 1.29 is 4.79 Å². The SMILES string of the molecule is CCC(CNC(=NC)NCCc1cccc(C(=O)N(C)C)c1)N1CCCC1. The van der Waals surface area contributed by atoms with Gasteiger partial charge in [-0.1, -0.05) is 19.1 Å². The fourth-order valence-corrected chi connectivity index (χ4v) is 3.52. The molecule has 1 amide bonds. The number of rotatable bonds is 8. The van der Waals surface area contributed by atoms with Crippen LogP contribution in [0.3, 0.4) is 0 Å². The number of amides is 1. The van der Waals surface area contributed by atoms with Gasteiger partial charge in [-0.05, 0) is 56.5 Å². The predicted octanol–water partition coefficient (Wildman–Crippen LogP) is 1.97. The highest BCUT2D eigenvalue weighted by atomic mass is 16.2. The van der Waals surface area contributed by atoms with Crippen molar-refractivity contribution in [3.05, 3.63) is 35.4 Å². The zero-order valence-corrected chi connectivity index (χ0v) is 17.3. The third-order valence-electron chi connectivity index (χ3n) is 5.14. The van der Waals surface area contributed by atoms with E-state index in [1.54, 1.807) is 19.0 Å². The Kier molecular flexibility index (Phi) is 8.58. The molecule has 0 bridgehead atoms. The number of benzene rings is 1. The quantitative estimate of drug-likeness (QED) is 0.540. The molecule has 0 aliphatic carbocycles. The lowest BCUT2D eigenvalue weighted by molar-refractivity contribution is 0.0827. The van der Waals surface area contributed by atoms with Gasteiger partial charge in [-0.3, -0.25) is 14.7 Å². The number of hydrogen-bond donors (Lipinski definition) is 2. The predicted molar refractivity (Wildman–Crippen MR) is 112 cm³/mol. The van der Waals surface area contributed by atoms with Crippen LogP contribution in [0.5, 0.6) is 0 Å². The van der Waals surface area contributed by atoms with Crippen molar-refractivity contribution >= 4 is 11.9 Å². The van der Waals surface area contributed by atoms with Crippen molar-refractivity contribution in [1.82, 2.24) is 20.4 Å². The molecular weight excluding hydrogens is 338 g/mol. The van der Waals surface area contributed by atoms with Crippen LogP contribution >= 0.6 is 0 Å². The highest BCUT2D eigenvalue weighted by Crippen LogP contribution is 2.13. The summed E-state index contributed by atoms with van der Waals surface area (Å²) in [7, 11) is 5.36. The number of hydrogen-bond acceptors (Lipinski definition) is 3. The second-order valence-electron chi connectivity index (χ2n) is 7.33. The minimum atomic E-state index is 0.0369. The molecule has 0 saturated carbocycles. The standard InChI is InChI=1S/C21H35N5O/c1-5-19(26-13-6-7-14-26)16-24-21(22-2)23-12-11-17-9-8-10-18(15-17)20(27)25(3)4/h8-10,15,19H,5-7,11-14,16H2,1-4H3,(H2,22,23,24). The molecule has 0 spiro atoms. The topological polar surface area (TPSA) is 60.0 Å². The van der Waals surface area contributed by atoms with E-state index >= 15 is 0 Å². The van der Waals surface area contributed by atoms with Gasteiger partial charge in [0.25, 0.3) is 5.91 Å². The average molecular weight is 374 g/mol. The van der Waals surface area contributed by atoms with Gasteiger partial charge in [0.2, 0.25) is 0 Å². The molecule has 0 radical (unpaired) electrons. The summed E-state index contributed by atoms with van der Waals surface area (Å²) >= 11 is 0. The maximum absolute atomic E-state index is 12.1. The first-order valence-corrected chi connectivity index (χ1v) is 10.0. The fraction of sp³-hybridized carbons (Fsp3) is 0.619. The number of nitrogens with one attached hydrogen (secondary N) is 2. The van der Waals surface area contributed by atoms with Gasteiger partial charge in [-0.15, -0.1) is 0 Å². The van der Waals surface area contributed by atoms with Gasteiger partial charge >= 0.3 is 0 Å². The Labute approximate surface area is 164 Å². The number of carbonyl (C=O) groups excluding carboxylic acids is 1. The van der Waals surface area contributed by atoms with E-state index < -0.39 is 0 Å². The highest BCUT2D eigenvalue weighted by Gasteiger charge is 2.20. The van der Waals surface area contributed by atoms with Crippen LogP contribution in [-0.2, 0) is 6.42 Å². The zero-order chi connectivity index (χ0) is 19.6. The lowest BCUT2D eigenvalue weighted by atomic mass is 10.1. The number of nitrogens with zero attached hydrogens (tertiary/aromatic N) is 3. The third kappa shape index (κ3) is 6.54. The molecule has 1 aromatic rings. The lowest BCUT2D eigenvalue weighted by Crippen LogP contribution is -2.46. The Hall–Kier alpha value is -2.08. The molecule has 1 aliphatic rings. The monoisotopic (exact) mass is 373 g/mol. The third-order valence-corrected chi connectivity index (χ3v) is 5.14. The molecule has 2 N–H and O–H groups in total. The summed E-state index contributed by atoms with van der Waals surface area (Å²) < 4.78 is 0. The Bertz CT molecular complexity index is 623. The molecule has 6 heteroatoms. The van der Waals surface area contributed by atoms with Crippen LogP contribution in [0.1, 0.15) is 42.1 Å². The molecule has 1 aliphatic heterocycles. The molecule has 1 unspecified atom stereocenters. The maximum atomic E-state index is 12.1. The Morgan fingerprint density at radius 3 is 2.63 bits per heavy atom. The molecule has 150 valence electrons. The molecule has 0 aromatic heterocycles. The maximum Gasteiger partial charge on any atom is 0.253 e. The summed E-state index contributed by atoms with van der Waals surface area (Å²) in [6.45, 7) is 6.38. The summed E-state index contributed by atoms with van der Waals surface area (Å²) in [5, 5.41) is 6.85. The van der Waals surface area contributed by atoms with E-state index in [0.717, 1.165) is 43.0 Å². The second-order valence-corrected chi connectivity index (χ2v) is 7.33. The van der Waals surface area contributed by atoms with Crippen molar-refractivity contribution in [3.8, 4) is 0 Å². The van der Waals surface area contributed by atoms with Crippen LogP contribution in [0.2, 0.25) is 0 Å². The average Bonchev–Trinajstić information content (AvgIpc) is 3.21. The summed E-state index contributed by atoms with van der Waals surface area (Å²) in [4.78, 5) is 20.6. The first-order valence-electron chi connectivity index (χ1n) is 10.0. The Balaban J connectivity index is 1.79. The molecule has 6 nitrogen and oxygen atoms in total. The van der Waals surface area contributed by atoms with Gasteiger partial charge < -0.3 is 15.5 Å². The number of carbonyl (C=O) groups is 1. The molecule has 27 heavy (non-hydrogen) atoms. The minimum absolute atomic E-state index is 0.0369. The first kappa shape index (κ1) is 21.2. The van der Waals surface area contributed by atoms with Crippen molar-refractivity contribution in [2.75, 3.05) is 47.3 Å². The van der Waals surface area contributed by atoms with Gasteiger partial charge in [0.1, 0.15) is 0 Å². The largest absolute Gasteiger partial charge is 0.356 e. The molecule has 1 saturated heterocycles. The van der Waals surface area contributed by atoms with E-state index in [0.29, 0.717) is 6.04 Å². The van der Waals surface area contributed by atoms with Crippen LogP contribution in [0, 0.1) is 0 Å². The zero-order valence-electron chi connectivity index (χ0n) is 17.3. The molecule has 2 rings (SSSR count). The van der Waals surface area contributed by atoms with Crippen LogP contribution in [0.25, 0.3) is 0 Å². The van der Waals surface area contributed by atoms with E-state index in [9.17, 15) is 4.79 Å². The van der Waals surface area contributed by atoms with Crippen molar-refractivity contribution in [2.45, 2.75) is 38.6 Å².